The molecule has 0 aliphatic heterocycles. The van der Waals surface area contributed by atoms with Crippen LogP contribution in [0.15, 0.2) is 22.7 Å². The van der Waals surface area contributed by atoms with Gasteiger partial charge < -0.3 is 9.47 Å². The molecule has 0 fully saturated rings. The van der Waals surface area contributed by atoms with E-state index in [1.54, 1.807) is 25.1 Å². The minimum atomic E-state index is -0.359. The quantitative estimate of drug-likeness (QED) is 0.598. The average Bonchev–Trinajstić information content (AvgIpc) is 2.36. The molecule has 0 amide bonds. The van der Waals surface area contributed by atoms with Crippen LogP contribution in [0.5, 0.6) is 5.75 Å². The Hall–Kier alpha value is -1.36. The van der Waals surface area contributed by atoms with Gasteiger partial charge in [-0.3, -0.25) is 9.59 Å². The predicted molar refractivity (Wildman–Crippen MR) is 70.9 cm³/mol. The predicted octanol–water partition coefficient (Wildman–Crippen LogP) is 2.98. The van der Waals surface area contributed by atoms with Crippen LogP contribution >= 0.6 is 15.9 Å². The number of methoxy groups -OCH3 is 1. The number of hydrogen-bond acceptors (Lipinski definition) is 4. The molecule has 18 heavy (non-hydrogen) atoms. The second-order valence-electron chi connectivity index (χ2n) is 3.57. The summed E-state index contributed by atoms with van der Waals surface area (Å²) in [5.74, 6) is 0.00701. The van der Waals surface area contributed by atoms with Crippen LogP contribution in [0.3, 0.4) is 0 Å². The van der Waals surface area contributed by atoms with Gasteiger partial charge in [-0.1, -0.05) is 15.9 Å². The van der Waals surface area contributed by atoms with E-state index >= 15 is 0 Å². The number of ether oxygens (including phenoxy) is 2. The van der Waals surface area contributed by atoms with E-state index in [1.165, 1.54) is 7.11 Å². The van der Waals surface area contributed by atoms with Gasteiger partial charge in [0.1, 0.15) is 5.75 Å². The van der Waals surface area contributed by atoms with E-state index in [4.69, 9.17) is 9.47 Å². The molecule has 1 aromatic carbocycles. The van der Waals surface area contributed by atoms with Crippen molar-refractivity contribution in [3.8, 4) is 5.75 Å². The molecule has 0 atom stereocenters. The first-order valence-electron chi connectivity index (χ1n) is 5.60. The molecular formula is C13H15BrO4. The van der Waals surface area contributed by atoms with E-state index in [-0.39, 0.29) is 24.6 Å². The van der Waals surface area contributed by atoms with Gasteiger partial charge in [0, 0.05) is 10.9 Å². The number of benzene rings is 1. The van der Waals surface area contributed by atoms with Crippen LogP contribution in [0.4, 0.5) is 0 Å². The van der Waals surface area contributed by atoms with Crippen molar-refractivity contribution >= 4 is 27.7 Å². The molecule has 4 nitrogen and oxygen atoms in total. The fourth-order valence-corrected chi connectivity index (χ4v) is 1.82. The fraction of sp³-hybridized carbons (Fsp3) is 0.385. The van der Waals surface area contributed by atoms with Gasteiger partial charge in [-0.25, -0.2) is 0 Å². The van der Waals surface area contributed by atoms with Gasteiger partial charge >= 0.3 is 5.97 Å². The maximum absolute atomic E-state index is 11.9. The lowest BCUT2D eigenvalue weighted by Crippen LogP contribution is -2.08. The van der Waals surface area contributed by atoms with Gasteiger partial charge in [0.2, 0.25) is 0 Å². The number of esters is 1. The summed E-state index contributed by atoms with van der Waals surface area (Å²) >= 11 is 3.30. The highest BCUT2D eigenvalue weighted by Gasteiger charge is 2.14. The van der Waals surface area contributed by atoms with Crippen molar-refractivity contribution in [2.45, 2.75) is 19.8 Å². The Labute approximate surface area is 114 Å². The Morgan fingerprint density at radius 1 is 1.28 bits per heavy atom. The Balaban J connectivity index is 2.69. The van der Waals surface area contributed by atoms with Crippen molar-refractivity contribution in [1.29, 1.82) is 0 Å². The van der Waals surface area contributed by atoms with E-state index in [0.29, 0.717) is 17.9 Å². The van der Waals surface area contributed by atoms with Crippen molar-refractivity contribution in [1.82, 2.24) is 0 Å². The molecule has 0 aliphatic rings. The van der Waals surface area contributed by atoms with Crippen molar-refractivity contribution in [3.05, 3.63) is 28.2 Å². The molecule has 0 spiro atoms. The second-order valence-corrected chi connectivity index (χ2v) is 4.49. The Morgan fingerprint density at radius 2 is 2.00 bits per heavy atom. The lowest BCUT2D eigenvalue weighted by atomic mass is 10.1. The molecule has 1 rings (SSSR count). The third-order valence-corrected chi connectivity index (χ3v) is 2.82. The van der Waals surface area contributed by atoms with Crippen molar-refractivity contribution in [3.63, 3.8) is 0 Å². The minimum absolute atomic E-state index is 0.0892. The van der Waals surface area contributed by atoms with Crippen LogP contribution in [0.25, 0.3) is 0 Å². The van der Waals surface area contributed by atoms with E-state index in [1.807, 2.05) is 0 Å². The summed E-state index contributed by atoms with van der Waals surface area (Å²) < 4.78 is 10.7. The van der Waals surface area contributed by atoms with Crippen molar-refractivity contribution in [2.75, 3.05) is 13.7 Å². The summed E-state index contributed by atoms with van der Waals surface area (Å²) in [4.78, 5) is 23.1. The zero-order chi connectivity index (χ0) is 13.5. The van der Waals surface area contributed by atoms with E-state index < -0.39 is 0 Å². The SMILES string of the molecule is CCOC(=O)CCC(=O)c1ccc(Br)cc1OC. The van der Waals surface area contributed by atoms with Gasteiger partial charge in [0.05, 0.1) is 25.7 Å². The summed E-state index contributed by atoms with van der Waals surface area (Å²) in [5, 5.41) is 0. The van der Waals surface area contributed by atoms with Crippen LogP contribution in [0, 0.1) is 0 Å². The van der Waals surface area contributed by atoms with Gasteiger partial charge in [-0.2, -0.15) is 0 Å². The third kappa shape index (κ3) is 4.14. The van der Waals surface area contributed by atoms with Crippen LogP contribution in [-0.2, 0) is 9.53 Å². The zero-order valence-electron chi connectivity index (χ0n) is 10.4. The molecule has 0 radical (unpaired) electrons. The molecule has 5 heteroatoms. The molecule has 0 heterocycles. The van der Waals surface area contributed by atoms with Crippen molar-refractivity contribution < 1.29 is 19.1 Å². The molecule has 0 aromatic heterocycles. The smallest absolute Gasteiger partial charge is 0.306 e. The largest absolute Gasteiger partial charge is 0.496 e. The van der Waals surface area contributed by atoms with E-state index in [0.717, 1.165) is 4.47 Å². The second kappa shape index (κ2) is 7.16. The number of carbonyl (C=O) groups is 2. The summed E-state index contributed by atoms with van der Waals surface area (Å²) in [5.41, 5.74) is 0.477. The first kappa shape index (κ1) is 14.7. The lowest BCUT2D eigenvalue weighted by Gasteiger charge is -2.08. The number of rotatable bonds is 6. The first-order valence-corrected chi connectivity index (χ1v) is 6.40. The highest BCUT2D eigenvalue weighted by molar-refractivity contribution is 9.10. The third-order valence-electron chi connectivity index (χ3n) is 2.33. The van der Waals surface area contributed by atoms with Crippen LogP contribution in [0.2, 0.25) is 0 Å². The molecule has 0 saturated heterocycles. The zero-order valence-corrected chi connectivity index (χ0v) is 12.0. The van der Waals surface area contributed by atoms with E-state index in [9.17, 15) is 9.59 Å². The molecule has 1 aromatic rings. The molecule has 0 unspecified atom stereocenters. The highest BCUT2D eigenvalue weighted by atomic mass is 79.9. The molecular weight excluding hydrogens is 300 g/mol. The maximum Gasteiger partial charge on any atom is 0.306 e. The summed E-state index contributed by atoms with van der Waals surface area (Å²) in [6.07, 6.45) is 0.211. The Kier molecular flexibility index (Phi) is 5.85. The first-order chi connectivity index (χ1) is 8.58. The monoisotopic (exact) mass is 314 g/mol. The number of ketones is 1. The van der Waals surface area contributed by atoms with Crippen LogP contribution in [-0.4, -0.2) is 25.5 Å². The standard InChI is InChI=1S/C13H15BrO4/c1-3-18-13(16)7-6-11(15)10-5-4-9(14)8-12(10)17-2/h4-5,8H,3,6-7H2,1-2H3. The van der Waals surface area contributed by atoms with Gasteiger partial charge in [-0.05, 0) is 25.1 Å². The fourth-order valence-electron chi connectivity index (χ4n) is 1.48. The topological polar surface area (TPSA) is 52.6 Å². The molecule has 98 valence electrons. The Morgan fingerprint density at radius 3 is 2.61 bits per heavy atom. The van der Waals surface area contributed by atoms with Crippen LogP contribution in [0.1, 0.15) is 30.1 Å². The molecule has 0 aliphatic carbocycles. The van der Waals surface area contributed by atoms with Gasteiger partial charge in [-0.15, -0.1) is 0 Å². The lowest BCUT2D eigenvalue weighted by molar-refractivity contribution is -0.143. The number of hydrogen-bond donors (Lipinski definition) is 0. The van der Waals surface area contributed by atoms with Crippen LogP contribution < -0.4 is 4.74 Å². The maximum atomic E-state index is 11.9. The highest BCUT2D eigenvalue weighted by Crippen LogP contribution is 2.24. The number of Topliss-reactive ketones (excluding diaryl/α,β-unsaturated/α-hetero) is 1. The molecule has 0 N–H and O–H groups in total. The van der Waals surface area contributed by atoms with Gasteiger partial charge in [0.25, 0.3) is 0 Å². The average molecular weight is 315 g/mol. The minimum Gasteiger partial charge on any atom is -0.496 e. The van der Waals surface area contributed by atoms with E-state index in [2.05, 4.69) is 15.9 Å². The number of carbonyl (C=O) groups excluding carboxylic acids is 2. The van der Waals surface area contributed by atoms with Crippen molar-refractivity contribution in [2.24, 2.45) is 0 Å². The summed E-state index contributed by atoms with van der Waals surface area (Å²) in [7, 11) is 1.50. The Bertz CT molecular complexity index is 443. The number of halogens is 1. The molecule has 0 bridgehead atoms. The summed E-state index contributed by atoms with van der Waals surface area (Å²) in [6, 6.07) is 5.16. The summed E-state index contributed by atoms with van der Waals surface area (Å²) in [6.45, 7) is 2.06. The van der Waals surface area contributed by atoms with Gasteiger partial charge in [0.15, 0.2) is 5.78 Å². The normalized spacial score (nSPS) is 9.94. The molecule has 0 saturated carbocycles.